The molecule has 1 N–H and O–H groups in total. The fourth-order valence-corrected chi connectivity index (χ4v) is 1.95. The summed E-state index contributed by atoms with van der Waals surface area (Å²) < 4.78 is 8.34. The van der Waals surface area contributed by atoms with Gasteiger partial charge in [0.2, 0.25) is 0 Å². The lowest BCUT2D eigenvalue weighted by atomic mass is 10.3. The molecule has 74 valence electrons. The van der Waals surface area contributed by atoms with Crippen molar-refractivity contribution in [3.8, 4) is 11.4 Å². The first-order chi connectivity index (χ1) is 6.74. The van der Waals surface area contributed by atoms with Gasteiger partial charge in [0.05, 0.1) is 11.8 Å². The van der Waals surface area contributed by atoms with Crippen LogP contribution in [0.2, 0.25) is 0 Å². The zero-order valence-corrected chi connectivity index (χ0v) is 9.85. The van der Waals surface area contributed by atoms with Crippen molar-refractivity contribution in [3.05, 3.63) is 21.8 Å². The first-order valence-corrected chi connectivity index (χ1v) is 5.32. The molecule has 14 heavy (non-hydrogen) atoms. The van der Waals surface area contributed by atoms with Crippen molar-refractivity contribution < 1.29 is 4.42 Å². The Morgan fingerprint density at radius 3 is 3.07 bits per heavy atom. The van der Waals surface area contributed by atoms with Crippen molar-refractivity contribution in [1.82, 2.24) is 14.8 Å². The number of furan rings is 1. The molecule has 0 bridgehead atoms. The minimum atomic E-state index is 0.621. The Morgan fingerprint density at radius 1 is 1.71 bits per heavy atom. The largest absolute Gasteiger partial charge is 0.457 e. The van der Waals surface area contributed by atoms with Gasteiger partial charge in [-0.05, 0) is 41.1 Å². The van der Waals surface area contributed by atoms with Crippen molar-refractivity contribution in [1.29, 1.82) is 0 Å². The van der Waals surface area contributed by atoms with Gasteiger partial charge in [-0.1, -0.05) is 0 Å². The van der Waals surface area contributed by atoms with Crippen LogP contribution in [0.25, 0.3) is 11.4 Å². The monoisotopic (exact) mass is 273 g/mol. The van der Waals surface area contributed by atoms with Crippen LogP contribution in [-0.4, -0.2) is 14.8 Å². The Kier molecular flexibility index (Phi) is 2.56. The number of aromatic nitrogens is 3. The topological polar surface area (TPSA) is 46.8 Å². The van der Waals surface area contributed by atoms with Crippen molar-refractivity contribution >= 4 is 28.1 Å². The number of hydrogen-bond donors (Lipinski definition) is 1. The van der Waals surface area contributed by atoms with Gasteiger partial charge in [0.1, 0.15) is 0 Å². The molecule has 6 heteroatoms. The van der Waals surface area contributed by atoms with Gasteiger partial charge in [0.25, 0.3) is 0 Å². The standard InChI is InChI=1S/C8H8BrN3OS/c1-2-12-7(10-11-8(12)14)5-3-4-13-6(5)9/h3-4H,2H2,1H3,(H,11,14). The highest BCUT2D eigenvalue weighted by Crippen LogP contribution is 2.27. The summed E-state index contributed by atoms with van der Waals surface area (Å²) in [5.74, 6) is 0.790. The highest BCUT2D eigenvalue weighted by atomic mass is 79.9. The third kappa shape index (κ3) is 1.44. The molecule has 0 radical (unpaired) electrons. The van der Waals surface area contributed by atoms with Crippen LogP contribution < -0.4 is 0 Å². The molecular weight excluding hydrogens is 266 g/mol. The number of nitrogens with zero attached hydrogens (tertiary/aromatic N) is 2. The van der Waals surface area contributed by atoms with Gasteiger partial charge >= 0.3 is 0 Å². The van der Waals surface area contributed by atoms with Crippen LogP contribution >= 0.6 is 28.1 Å². The maximum Gasteiger partial charge on any atom is 0.195 e. The van der Waals surface area contributed by atoms with Gasteiger partial charge in [-0.25, -0.2) is 0 Å². The van der Waals surface area contributed by atoms with Crippen LogP contribution in [0.4, 0.5) is 0 Å². The third-order valence-corrected chi connectivity index (χ3v) is 2.86. The lowest BCUT2D eigenvalue weighted by Crippen LogP contribution is -1.96. The quantitative estimate of drug-likeness (QED) is 0.856. The number of nitrogens with one attached hydrogen (secondary N) is 1. The minimum Gasteiger partial charge on any atom is -0.457 e. The lowest BCUT2D eigenvalue weighted by Gasteiger charge is -2.00. The first kappa shape index (κ1) is 9.67. The molecule has 2 aromatic rings. The summed E-state index contributed by atoms with van der Waals surface area (Å²) in [7, 11) is 0. The van der Waals surface area contributed by atoms with E-state index in [2.05, 4.69) is 26.1 Å². The van der Waals surface area contributed by atoms with Crippen molar-refractivity contribution in [3.63, 3.8) is 0 Å². The maximum atomic E-state index is 5.14. The Balaban J connectivity index is 2.63. The molecule has 2 heterocycles. The zero-order chi connectivity index (χ0) is 10.1. The molecule has 0 aromatic carbocycles. The van der Waals surface area contributed by atoms with Crippen LogP contribution in [0.5, 0.6) is 0 Å². The Labute approximate surface area is 94.1 Å². The number of halogens is 1. The van der Waals surface area contributed by atoms with E-state index < -0.39 is 0 Å². The summed E-state index contributed by atoms with van der Waals surface area (Å²) in [5, 5.41) is 6.90. The third-order valence-electron chi connectivity index (χ3n) is 1.93. The normalized spacial score (nSPS) is 10.7. The number of rotatable bonds is 2. The summed E-state index contributed by atoms with van der Waals surface area (Å²) in [5.41, 5.74) is 0.902. The van der Waals surface area contributed by atoms with E-state index in [1.807, 2.05) is 17.6 Å². The second-order valence-corrected chi connectivity index (χ2v) is 3.81. The van der Waals surface area contributed by atoms with Gasteiger partial charge in [-0.2, -0.15) is 5.10 Å². The van der Waals surface area contributed by atoms with Gasteiger partial charge in [-0.15, -0.1) is 0 Å². The molecule has 0 unspecified atom stereocenters. The molecule has 0 atom stereocenters. The lowest BCUT2D eigenvalue weighted by molar-refractivity contribution is 0.541. The van der Waals surface area contributed by atoms with Crippen molar-refractivity contribution in [2.45, 2.75) is 13.5 Å². The van der Waals surface area contributed by atoms with E-state index in [0.717, 1.165) is 17.9 Å². The number of H-pyrrole nitrogens is 1. The zero-order valence-electron chi connectivity index (χ0n) is 7.45. The van der Waals surface area contributed by atoms with Crippen LogP contribution in [-0.2, 0) is 6.54 Å². The molecular formula is C8H8BrN3OS. The molecule has 0 aliphatic rings. The van der Waals surface area contributed by atoms with Crippen molar-refractivity contribution in [2.24, 2.45) is 0 Å². The predicted octanol–water partition coefficient (Wildman–Crippen LogP) is 2.98. The average molecular weight is 274 g/mol. The Bertz CT molecular complexity index is 499. The summed E-state index contributed by atoms with van der Waals surface area (Å²) in [6.45, 7) is 2.80. The minimum absolute atomic E-state index is 0.621. The maximum absolute atomic E-state index is 5.14. The summed E-state index contributed by atoms with van der Waals surface area (Å²) >= 11 is 8.40. The molecule has 0 saturated carbocycles. The SMILES string of the molecule is CCn1c(-c2ccoc2Br)n[nH]c1=S. The molecule has 2 aromatic heterocycles. The van der Waals surface area contributed by atoms with E-state index in [1.54, 1.807) is 6.26 Å². The highest BCUT2D eigenvalue weighted by Gasteiger charge is 2.12. The van der Waals surface area contributed by atoms with E-state index in [9.17, 15) is 0 Å². The Morgan fingerprint density at radius 2 is 2.50 bits per heavy atom. The molecule has 4 nitrogen and oxygen atoms in total. The molecule has 2 rings (SSSR count). The Hall–Kier alpha value is -0.880. The molecule has 0 aliphatic heterocycles. The van der Waals surface area contributed by atoms with Crippen molar-refractivity contribution in [2.75, 3.05) is 0 Å². The summed E-state index contributed by atoms with van der Waals surface area (Å²) in [6, 6.07) is 1.85. The van der Waals surface area contributed by atoms with Gasteiger partial charge in [-0.3, -0.25) is 5.10 Å². The van der Waals surface area contributed by atoms with Gasteiger partial charge < -0.3 is 8.98 Å². The van der Waals surface area contributed by atoms with E-state index >= 15 is 0 Å². The molecule has 0 saturated heterocycles. The average Bonchev–Trinajstić information content (AvgIpc) is 2.71. The van der Waals surface area contributed by atoms with Crippen LogP contribution in [0.3, 0.4) is 0 Å². The number of aromatic amines is 1. The van der Waals surface area contributed by atoms with E-state index in [0.29, 0.717) is 9.44 Å². The second-order valence-electron chi connectivity index (χ2n) is 2.70. The van der Waals surface area contributed by atoms with Gasteiger partial charge in [0, 0.05) is 6.54 Å². The van der Waals surface area contributed by atoms with Crippen LogP contribution in [0, 0.1) is 4.77 Å². The van der Waals surface area contributed by atoms with Gasteiger partial charge in [0.15, 0.2) is 15.3 Å². The fraction of sp³-hybridized carbons (Fsp3) is 0.250. The summed E-state index contributed by atoms with van der Waals surface area (Å²) in [4.78, 5) is 0. The second kappa shape index (κ2) is 3.70. The van der Waals surface area contributed by atoms with E-state index in [1.165, 1.54) is 0 Å². The van der Waals surface area contributed by atoms with E-state index in [4.69, 9.17) is 16.6 Å². The van der Waals surface area contributed by atoms with Crippen LogP contribution in [0.1, 0.15) is 6.92 Å². The summed E-state index contributed by atoms with van der Waals surface area (Å²) in [6.07, 6.45) is 1.61. The first-order valence-electron chi connectivity index (χ1n) is 4.12. The molecule has 0 amide bonds. The highest BCUT2D eigenvalue weighted by molar-refractivity contribution is 9.10. The molecule has 0 spiro atoms. The smallest absolute Gasteiger partial charge is 0.195 e. The molecule has 0 fully saturated rings. The fourth-order valence-electron chi connectivity index (χ4n) is 1.27. The number of hydrogen-bond acceptors (Lipinski definition) is 3. The predicted molar refractivity (Wildman–Crippen MR) is 58.5 cm³/mol. The van der Waals surface area contributed by atoms with Crippen LogP contribution in [0.15, 0.2) is 21.4 Å². The molecule has 0 aliphatic carbocycles. The van der Waals surface area contributed by atoms with E-state index in [-0.39, 0.29) is 0 Å².